The second-order valence-corrected chi connectivity index (χ2v) is 7.11. The number of rotatable bonds is 5. The number of carbonyl (C=O) groups is 1. The maximum atomic E-state index is 11.1. The molecule has 0 radical (unpaired) electrons. The van der Waals surface area contributed by atoms with E-state index in [9.17, 15) is 9.90 Å². The van der Waals surface area contributed by atoms with Crippen LogP contribution in [0.2, 0.25) is 0 Å². The van der Waals surface area contributed by atoms with E-state index in [1.807, 2.05) is 36.4 Å². The highest BCUT2D eigenvalue weighted by atomic mass is 16.4. The standard InChI is InChI=1S/C22H23N3O3/c26-14-17-12-15-4-1-2-7-20(15)24-21(17)25-10-8-18(9-11-25)23-19-6-3-5-16(13-19)22(27)28/h1-7,12-13,18,23,26H,8-11,14H2,(H,27,28). The van der Waals surface area contributed by atoms with Crippen molar-refractivity contribution in [3.8, 4) is 0 Å². The van der Waals surface area contributed by atoms with E-state index in [1.54, 1.807) is 18.2 Å². The van der Waals surface area contributed by atoms with E-state index < -0.39 is 5.97 Å². The van der Waals surface area contributed by atoms with Crippen LogP contribution in [0.5, 0.6) is 0 Å². The number of nitrogens with zero attached hydrogens (tertiary/aromatic N) is 2. The van der Waals surface area contributed by atoms with Crippen LogP contribution in [-0.2, 0) is 6.61 Å². The number of fused-ring (bicyclic) bond motifs is 1. The highest BCUT2D eigenvalue weighted by Crippen LogP contribution is 2.27. The maximum Gasteiger partial charge on any atom is 0.335 e. The Hall–Kier alpha value is -3.12. The number of para-hydroxylation sites is 1. The van der Waals surface area contributed by atoms with Crippen LogP contribution in [0.3, 0.4) is 0 Å². The second kappa shape index (κ2) is 7.86. The molecule has 6 nitrogen and oxygen atoms in total. The van der Waals surface area contributed by atoms with E-state index in [1.165, 1.54) is 0 Å². The molecule has 28 heavy (non-hydrogen) atoms. The third-order valence-electron chi connectivity index (χ3n) is 5.23. The van der Waals surface area contributed by atoms with E-state index in [0.717, 1.165) is 53.9 Å². The quantitative estimate of drug-likeness (QED) is 0.631. The first-order valence-electron chi connectivity index (χ1n) is 9.48. The molecule has 1 aliphatic heterocycles. The predicted octanol–water partition coefficient (Wildman–Crippen LogP) is 3.51. The number of hydrogen-bond donors (Lipinski definition) is 3. The third-order valence-corrected chi connectivity index (χ3v) is 5.23. The zero-order chi connectivity index (χ0) is 19.5. The summed E-state index contributed by atoms with van der Waals surface area (Å²) < 4.78 is 0. The SMILES string of the molecule is O=C(O)c1cccc(NC2CCN(c3nc4ccccc4cc3CO)CC2)c1. The first-order valence-corrected chi connectivity index (χ1v) is 9.48. The number of nitrogens with one attached hydrogen (secondary N) is 1. The van der Waals surface area contributed by atoms with Crippen LogP contribution in [0.25, 0.3) is 10.9 Å². The Kier molecular flexibility index (Phi) is 5.12. The van der Waals surface area contributed by atoms with E-state index in [0.29, 0.717) is 0 Å². The zero-order valence-corrected chi connectivity index (χ0v) is 15.5. The lowest BCUT2D eigenvalue weighted by Crippen LogP contribution is -2.40. The van der Waals surface area contributed by atoms with Crippen LogP contribution in [0.1, 0.15) is 28.8 Å². The van der Waals surface area contributed by atoms with E-state index in [-0.39, 0.29) is 18.2 Å². The first-order chi connectivity index (χ1) is 13.6. The first kappa shape index (κ1) is 18.3. The van der Waals surface area contributed by atoms with Gasteiger partial charge < -0.3 is 20.4 Å². The van der Waals surface area contributed by atoms with Gasteiger partial charge >= 0.3 is 5.97 Å². The van der Waals surface area contributed by atoms with Crippen molar-refractivity contribution in [3.63, 3.8) is 0 Å². The topological polar surface area (TPSA) is 85.7 Å². The Labute approximate surface area is 163 Å². The van der Waals surface area contributed by atoms with Gasteiger partial charge in [-0.2, -0.15) is 0 Å². The second-order valence-electron chi connectivity index (χ2n) is 7.11. The predicted molar refractivity (Wildman–Crippen MR) is 110 cm³/mol. The van der Waals surface area contributed by atoms with E-state index in [4.69, 9.17) is 10.1 Å². The molecule has 1 aliphatic rings. The molecule has 3 N–H and O–H groups in total. The monoisotopic (exact) mass is 377 g/mol. The molecule has 1 fully saturated rings. The fourth-order valence-electron chi connectivity index (χ4n) is 3.75. The molecule has 2 heterocycles. The molecular formula is C22H23N3O3. The molecular weight excluding hydrogens is 354 g/mol. The number of pyridine rings is 1. The Balaban J connectivity index is 1.46. The highest BCUT2D eigenvalue weighted by Gasteiger charge is 2.22. The summed E-state index contributed by atoms with van der Waals surface area (Å²) in [5, 5.41) is 23.4. The Morgan fingerprint density at radius 3 is 2.64 bits per heavy atom. The Bertz CT molecular complexity index is 997. The lowest BCUT2D eigenvalue weighted by Gasteiger charge is -2.34. The average molecular weight is 377 g/mol. The normalized spacial score (nSPS) is 15.0. The minimum atomic E-state index is -0.919. The summed E-state index contributed by atoms with van der Waals surface area (Å²) in [7, 11) is 0. The fourth-order valence-corrected chi connectivity index (χ4v) is 3.75. The van der Waals surface area contributed by atoms with Crippen LogP contribution in [-0.4, -0.2) is 40.3 Å². The molecule has 2 aromatic carbocycles. The number of carboxylic acid groups (broad SMARTS) is 1. The van der Waals surface area contributed by atoms with Gasteiger partial charge in [0.1, 0.15) is 5.82 Å². The van der Waals surface area contributed by atoms with Crippen molar-refractivity contribution in [2.75, 3.05) is 23.3 Å². The van der Waals surface area contributed by atoms with Gasteiger partial charge in [-0.3, -0.25) is 0 Å². The van der Waals surface area contributed by atoms with Gasteiger partial charge in [0.15, 0.2) is 0 Å². The van der Waals surface area contributed by atoms with Crippen LogP contribution in [0, 0.1) is 0 Å². The maximum absolute atomic E-state index is 11.1. The Morgan fingerprint density at radius 1 is 1.11 bits per heavy atom. The molecule has 144 valence electrons. The average Bonchev–Trinajstić information content (AvgIpc) is 2.73. The van der Waals surface area contributed by atoms with Crippen molar-refractivity contribution in [2.24, 2.45) is 0 Å². The van der Waals surface area contributed by atoms with Gasteiger partial charge in [0.25, 0.3) is 0 Å². The summed E-state index contributed by atoms with van der Waals surface area (Å²) in [6.45, 7) is 1.62. The van der Waals surface area contributed by atoms with Crippen molar-refractivity contribution < 1.29 is 15.0 Å². The van der Waals surface area contributed by atoms with Crippen LogP contribution < -0.4 is 10.2 Å². The molecule has 0 amide bonds. The van der Waals surface area contributed by atoms with Crippen molar-refractivity contribution in [1.82, 2.24) is 4.98 Å². The molecule has 0 bridgehead atoms. The smallest absolute Gasteiger partial charge is 0.335 e. The van der Waals surface area contributed by atoms with E-state index >= 15 is 0 Å². The number of carboxylic acids is 1. The highest BCUT2D eigenvalue weighted by molar-refractivity contribution is 5.88. The van der Waals surface area contributed by atoms with Gasteiger partial charge in [-0.1, -0.05) is 24.3 Å². The lowest BCUT2D eigenvalue weighted by molar-refractivity contribution is 0.0697. The van der Waals surface area contributed by atoms with Crippen molar-refractivity contribution in [2.45, 2.75) is 25.5 Å². The minimum absolute atomic E-state index is 0.0344. The molecule has 6 heteroatoms. The summed E-state index contributed by atoms with van der Waals surface area (Å²) >= 11 is 0. The molecule has 3 aromatic rings. The lowest BCUT2D eigenvalue weighted by atomic mass is 10.0. The van der Waals surface area contributed by atoms with Crippen LogP contribution >= 0.6 is 0 Å². The molecule has 0 aliphatic carbocycles. The van der Waals surface area contributed by atoms with Crippen molar-refractivity contribution in [1.29, 1.82) is 0 Å². The van der Waals surface area contributed by atoms with Crippen LogP contribution in [0.15, 0.2) is 54.6 Å². The molecule has 0 unspecified atom stereocenters. The summed E-state index contributed by atoms with van der Waals surface area (Å²) in [6, 6.07) is 17.1. The number of aromatic carboxylic acids is 1. The van der Waals surface area contributed by atoms with Crippen molar-refractivity contribution in [3.05, 3.63) is 65.7 Å². The van der Waals surface area contributed by atoms with Gasteiger partial charge in [0.05, 0.1) is 17.7 Å². The van der Waals surface area contributed by atoms with Gasteiger partial charge in [-0.25, -0.2) is 9.78 Å². The Morgan fingerprint density at radius 2 is 1.89 bits per heavy atom. The summed E-state index contributed by atoms with van der Waals surface area (Å²) in [6.07, 6.45) is 1.83. The minimum Gasteiger partial charge on any atom is -0.478 e. The summed E-state index contributed by atoms with van der Waals surface area (Å²) in [4.78, 5) is 18.2. The zero-order valence-electron chi connectivity index (χ0n) is 15.5. The van der Waals surface area contributed by atoms with Gasteiger partial charge in [-0.15, -0.1) is 0 Å². The van der Waals surface area contributed by atoms with Gasteiger partial charge in [0, 0.05) is 35.8 Å². The van der Waals surface area contributed by atoms with Crippen molar-refractivity contribution >= 4 is 28.4 Å². The molecule has 4 rings (SSSR count). The number of piperidine rings is 1. The molecule has 1 aromatic heterocycles. The number of aromatic nitrogens is 1. The molecule has 1 saturated heterocycles. The fraction of sp³-hybridized carbons (Fsp3) is 0.273. The number of benzene rings is 2. The molecule has 0 saturated carbocycles. The summed E-state index contributed by atoms with van der Waals surface area (Å²) in [5.41, 5.74) is 2.90. The largest absolute Gasteiger partial charge is 0.478 e. The van der Waals surface area contributed by atoms with E-state index in [2.05, 4.69) is 10.2 Å². The summed E-state index contributed by atoms with van der Waals surface area (Å²) in [5.74, 6) is -0.0649. The van der Waals surface area contributed by atoms with Crippen LogP contribution in [0.4, 0.5) is 11.5 Å². The number of aliphatic hydroxyl groups is 1. The van der Waals surface area contributed by atoms with Gasteiger partial charge in [-0.05, 0) is 43.2 Å². The number of hydrogen-bond acceptors (Lipinski definition) is 5. The third kappa shape index (κ3) is 3.77. The number of aliphatic hydroxyl groups excluding tert-OH is 1. The number of anilines is 2. The molecule has 0 spiro atoms. The van der Waals surface area contributed by atoms with Gasteiger partial charge in [0.2, 0.25) is 0 Å². The molecule has 0 atom stereocenters.